The van der Waals surface area contributed by atoms with Crippen molar-refractivity contribution in [3.63, 3.8) is 0 Å². The summed E-state index contributed by atoms with van der Waals surface area (Å²) in [6.07, 6.45) is 18.2. The van der Waals surface area contributed by atoms with Crippen LogP contribution in [0.5, 0.6) is 0 Å². The van der Waals surface area contributed by atoms with Crippen LogP contribution in [0.3, 0.4) is 0 Å². The molecular formula is C20H29FeNO4. The summed E-state index contributed by atoms with van der Waals surface area (Å²) in [7, 11) is 0. The van der Waals surface area contributed by atoms with Gasteiger partial charge in [0.2, 0.25) is 5.91 Å². The Morgan fingerprint density at radius 1 is 0.962 bits per heavy atom. The maximum Gasteiger partial charge on any atom is 0 e. The Hall–Kier alpha value is -1.90. The Morgan fingerprint density at radius 2 is 1.42 bits per heavy atom. The number of hydrogen-bond acceptors (Lipinski definition) is 2. The van der Waals surface area contributed by atoms with Crippen LogP contribution >= 0.6 is 0 Å². The number of amides is 1. The zero-order chi connectivity index (χ0) is 20.3. The molecule has 0 aromatic carbocycles. The number of nitrogens with one attached hydrogen (secondary N) is 1. The maximum absolute atomic E-state index is 11.3. The largest absolute Gasteiger partial charge is 0 e. The van der Waals surface area contributed by atoms with Gasteiger partial charge in [0.1, 0.15) is 6.29 Å². The van der Waals surface area contributed by atoms with Crippen molar-refractivity contribution >= 4 is 12.2 Å². The second-order valence-electron chi connectivity index (χ2n) is 4.69. The van der Waals surface area contributed by atoms with Gasteiger partial charge in [-0.15, -0.1) is 0 Å². The SMILES string of the molecule is C/C=C/C=C/C=C\CC/C=C\C(=O)NCC(C)C.CC=O.[C-]#[O+].[C-]#[O+].[Fe]. The first-order chi connectivity index (χ1) is 12.1. The second-order valence-corrected chi connectivity index (χ2v) is 4.69. The summed E-state index contributed by atoms with van der Waals surface area (Å²) in [5.41, 5.74) is 0. The molecular weight excluding hydrogens is 374 g/mol. The molecule has 0 saturated carbocycles. The van der Waals surface area contributed by atoms with Crippen LogP contribution in [0.1, 0.15) is 40.5 Å². The summed E-state index contributed by atoms with van der Waals surface area (Å²) in [5, 5.41) is 2.84. The van der Waals surface area contributed by atoms with Crippen LogP contribution in [0, 0.1) is 19.2 Å². The maximum atomic E-state index is 11.3. The number of rotatable bonds is 8. The minimum absolute atomic E-state index is 0. The van der Waals surface area contributed by atoms with Gasteiger partial charge in [-0.05, 0) is 38.7 Å². The molecule has 1 N–H and O–H groups in total. The molecule has 0 bridgehead atoms. The molecule has 0 atom stereocenters. The molecule has 0 aliphatic heterocycles. The van der Waals surface area contributed by atoms with E-state index in [9.17, 15) is 4.79 Å². The van der Waals surface area contributed by atoms with Crippen molar-refractivity contribution in [2.24, 2.45) is 5.92 Å². The third-order valence-electron chi connectivity index (χ3n) is 2.12. The molecule has 0 aromatic rings. The van der Waals surface area contributed by atoms with Crippen LogP contribution in [0.4, 0.5) is 0 Å². The molecule has 26 heavy (non-hydrogen) atoms. The number of aldehydes is 1. The molecule has 0 aromatic heterocycles. The fourth-order valence-corrected chi connectivity index (χ4v) is 1.16. The van der Waals surface area contributed by atoms with Crippen molar-refractivity contribution < 1.29 is 36.0 Å². The first-order valence-electron chi connectivity index (χ1n) is 7.77. The van der Waals surface area contributed by atoms with Gasteiger partial charge in [0.05, 0.1) is 0 Å². The second kappa shape index (κ2) is 38.6. The molecule has 0 radical (unpaired) electrons. The van der Waals surface area contributed by atoms with Crippen molar-refractivity contribution in [2.45, 2.75) is 40.5 Å². The Kier molecular flexibility index (Phi) is 52.3. The standard InChI is InChI=1S/C16H25NO.C2H4O.2CO.Fe/c1-4-5-6-7-8-9-10-11-12-13-16(18)17-14-15(2)3;1-2-3;2*1-2;/h4-9,12-13,15H,10-11,14H2,1-3H3,(H,17,18);2H,1H3;;;/b5-4+,7-6+,9-8-,13-12-;;;;. The van der Waals surface area contributed by atoms with E-state index in [0.717, 1.165) is 25.7 Å². The zero-order valence-electron chi connectivity index (χ0n) is 15.9. The van der Waals surface area contributed by atoms with Gasteiger partial charge in [-0.1, -0.05) is 56.4 Å². The topological polar surface area (TPSA) is 86.0 Å². The van der Waals surface area contributed by atoms with E-state index in [4.69, 9.17) is 14.1 Å². The number of carbonyl (C=O) groups is 2. The van der Waals surface area contributed by atoms with Gasteiger partial charge in [0.25, 0.3) is 0 Å². The minimum Gasteiger partial charge on any atom is 0 e. The first-order valence-corrected chi connectivity index (χ1v) is 7.77. The van der Waals surface area contributed by atoms with Gasteiger partial charge in [-0.25, -0.2) is 0 Å². The van der Waals surface area contributed by atoms with E-state index in [1.54, 1.807) is 6.08 Å². The van der Waals surface area contributed by atoms with Gasteiger partial charge in [0, 0.05) is 23.6 Å². The number of carbonyl (C=O) groups excluding carboxylic acids is 2. The number of hydrogen-bond donors (Lipinski definition) is 1. The molecule has 0 heterocycles. The number of allylic oxidation sites excluding steroid dienone is 7. The van der Waals surface area contributed by atoms with Crippen molar-refractivity contribution in [2.75, 3.05) is 6.54 Å². The Labute approximate surface area is 168 Å². The minimum atomic E-state index is 0. The Balaban J connectivity index is -0.000000161. The van der Waals surface area contributed by atoms with Gasteiger partial charge >= 0.3 is 22.6 Å². The first kappa shape index (κ1) is 35.3. The van der Waals surface area contributed by atoms with E-state index in [-0.39, 0.29) is 23.0 Å². The zero-order valence-corrected chi connectivity index (χ0v) is 17.0. The van der Waals surface area contributed by atoms with Gasteiger partial charge in [0.15, 0.2) is 0 Å². The Bertz CT molecular complexity index is 441. The molecule has 1 amide bonds. The van der Waals surface area contributed by atoms with Crippen molar-refractivity contribution in [1.82, 2.24) is 5.32 Å². The third-order valence-corrected chi connectivity index (χ3v) is 2.12. The van der Waals surface area contributed by atoms with Gasteiger partial charge < -0.3 is 10.1 Å². The molecule has 0 aliphatic rings. The Morgan fingerprint density at radius 3 is 1.88 bits per heavy atom. The van der Waals surface area contributed by atoms with Crippen LogP contribution in [-0.4, -0.2) is 18.7 Å². The summed E-state index contributed by atoms with van der Waals surface area (Å²) >= 11 is 0. The van der Waals surface area contributed by atoms with Crippen LogP contribution in [0.2, 0.25) is 0 Å². The van der Waals surface area contributed by atoms with E-state index in [0.29, 0.717) is 5.92 Å². The molecule has 0 fully saturated rings. The molecule has 0 aliphatic carbocycles. The predicted molar refractivity (Wildman–Crippen MR) is 98.9 cm³/mol. The van der Waals surface area contributed by atoms with E-state index < -0.39 is 0 Å². The quantitative estimate of drug-likeness (QED) is 0.127. The summed E-state index contributed by atoms with van der Waals surface area (Å²) in [6.45, 7) is 17.3. The fraction of sp³-hybridized carbons (Fsp3) is 0.400. The summed E-state index contributed by atoms with van der Waals surface area (Å²) in [4.78, 5) is 20.1. The smallest absolute Gasteiger partial charge is 0 e. The van der Waals surface area contributed by atoms with E-state index >= 15 is 0 Å². The monoisotopic (exact) mass is 403 g/mol. The van der Waals surface area contributed by atoms with Crippen LogP contribution in [-0.2, 0) is 36.0 Å². The molecule has 0 unspecified atom stereocenters. The predicted octanol–water partition coefficient (Wildman–Crippen LogP) is 3.91. The molecule has 6 heteroatoms. The summed E-state index contributed by atoms with van der Waals surface area (Å²) in [6, 6.07) is 0. The normalized spacial score (nSPS) is 9.42. The summed E-state index contributed by atoms with van der Waals surface area (Å²) in [5.74, 6) is 0.495. The fourth-order valence-electron chi connectivity index (χ4n) is 1.16. The third kappa shape index (κ3) is 49.5. The van der Waals surface area contributed by atoms with E-state index in [2.05, 4.69) is 38.5 Å². The van der Waals surface area contributed by atoms with E-state index in [1.807, 2.05) is 43.4 Å². The molecule has 0 saturated heterocycles. The molecule has 5 nitrogen and oxygen atoms in total. The van der Waals surface area contributed by atoms with Crippen molar-refractivity contribution in [3.8, 4) is 0 Å². The van der Waals surface area contributed by atoms with Crippen LogP contribution < -0.4 is 5.32 Å². The van der Waals surface area contributed by atoms with Gasteiger partial charge in [-0.2, -0.15) is 0 Å². The van der Waals surface area contributed by atoms with Crippen molar-refractivity contribution in [3.05, 3.63) is 61.9 Å². The molecule has 146 valence electrons. The van der Waals surface area contributed by atoms with Gasteiger partial charge in [-0.3, -0.25) is 4.79 Å². The average Bonchev–Trinajstić information content (AvgIpc) is 2.62. The molecule has 0 spiro atoms. The number of unbranched alkanes of at least 4 members (excludes halogenated alkanes) is 1. The average molecular weight is 403 g/mol. The molecule has 0 rings (SSSR count). The van der Waals surface area contributed by atoms with E-state index in [1.165, 1.54) is 6.92 Å². The van der Waals surface area contributed by atoms with Crippen LogP contribution in [0.25, 0.3) is 0 Å². The van der Waals surface area contributed by atoms with Crippen molar-refractivity contribution in [1.29, 1.82) is 0 Å². The van der Waals surface area contributed by atoms with Crippen LogP contribution in [0.15, 0.2) is 48.6 Å². The summed E-state index contributed by atoms with van der Waals surface area (Å²) < 4.78 is 15.0.